The molecule has 31 heavy (non-hydrogen) atoms. The van der Waals surface area contributed by atoms with Crippen LogP contribution in [-0.4, -0.2) is 22.6 Å². The maximum atomic E-state index is 9.84. The van der Waals surface area contributed by atoms with Crippen molar-refractivity contribution < 1.29 is 14.9 Å². The fourth-order valence-corrected chi connectivity index (χ4v) is 2.85. The van der Waals surface area contributed by atoms with E-state index in [4.69, 9.17) is 4.74 Å². The van der Waals surface area contributed by atoms with E-state index in [0.29, 0.717) is 28.3 Å². The van der Waals surface area contributed by atoms with Gasteiger partial charge in [0, 0.05) is 29.6 Å². The first kappa shape index (κ1) is 19.9. The molecule has 0 aliphatic rings. The average molecular weight is 408 g/mol. The van der Waals surface area contributed by atoms with Crippen LogP contribution in [0.3, 0.4) is 0 Å². The molecule has 0 radical (unpaired) electrons. The van der Waals surface area contributed by atoms with Gasteiger partial charge in [-0.2, -0.15) is 0 Å². The van der Waals surface area contributed by atoms with Crippen molar-refractivity contribution >= 4 is 23.8 Å². The molecular formula is C26H20N2O3. The molecule has 2 N–H and O–H groups in total. The van der Waals surface area contributed by atoms with E-state index in [-0.39, 0.29) is 11.5 Å². The van der Waals surface area contributed by atoms with E-state index in [1.54, 1.807) is 48.8 Å². The van der Waals surface area contributed by atoms with Crippen molar-refractivity contribution in [3.05, 3.63) is 108 Å². The second-order valence-corrected chi connectivity index (χ2v) is 6.73. The summed E-state index contributed by atoms with van der Waals surface area (Å²) >= 11 is 0. The molecule has 4 rings (SSSR count). The van der Waals surface area contributed by atoms with Crippen molar-refractivity contribution in [2.75, 3.05) is 0 Å². The van der Waals surface area contributed by atoms with Gasteiger partial charge in [-0.1, -0.05) is 30.3 Å². The number of hydrogen-bond donors (Lipinski definition) is 2. The molecular weight excluding hydrogens is 388 g/mol. The second-order valence-electron chi connectivity index (χ2n) is 6.73. The minimum absolute atomic E-state index is 0.184. The van der Waals surface area contributed by atoms with Crippen LogP contribution in [0, 0.1) is 0 Å². The summed E-state index contributed by atoms with van der Waals surface area (Å²) in [6.07, 6.45) is 3.24. The number of phenolic OH excluding ortho intramolecular Hbond substituents is 2. The van der Waals surface area contributed by atoms with Gasteiger partial charge in [-0.3, -0.25) is 9.98 Å². The molecule has 0 aromatic heterocycles. The molecule has 0 aliphatic heterocycles. The molecule has 4 aromatic carbocycles. The summed E-state index contributed by atoms with van der Waals surface area (Å²) in [5.41, 5.74) is 2.76. The van der Waals surface area contributed by atoms with E-state index in [1.807, 2.05) is 60.7 Å². The Morgan fingerprint density at radius 2 is 1.13 bits per heavy atom. The molecule has 0 unspecified atom stereocenters. The second kappa shape index (κ2) is 9.41. The predicted octanol–water partition coefficient (Wildman–Crippen LogP) is 6.39. The third-order valence-corrected chi connectivity index (χ3v) is 4.47. The van der Waals surface area contributed by atoms with Gasteiger partial charge in [0.1, 0.15) is 23.0 Å². The normalized spacial score (nSPS) is 11.2. The van der Waals surface area contributed by atoms with Crippen LogP contribution < -0.4 is 4.74 Å². The van der Waals surface area contributed by atoms with Gasteiger partial charge in [-0.05, 0) is 60.7 Å². The fraction of sp³-hybridized carbons (Fsp3) is 0. The van der Waals surface area contributed by atoms with Crippen LogP contribution in [-0.2, 0) is 0 Å². The zero-order valence-corrected chi connectivity index (χ0v) is 16.6. The molecule has 0 saturated carbocycles. The summed E-state index contributed by atoms with van der Waals surface area (Å²) in [6, 6.07) is 28.8. The number of hydrogen-bond acceptors (Lipinski definition) is 5. The van der Waals surface area contributed by atoms with Crippen molar-refractivity contribution in [1.29, 1.82) is 0 Å². The Bertz CT molecular complexity index is 1230. The number of phenols is 2. The lowest BCUT2D eigenvalue weighted by Crippen LogP contribution is -1.84. The monoisotopic (exact) mass is 408 g/mol. The Labute approximate surface area is 180 Å². The maximum Gasteiger partial charge on any atom is 0.129 e. The van der Waals surface area contributed by atoms with Gasteiger partial charge in [-0.25, -0.2) is 0 Å². The number of rotatable bonds is 6. The number of benzene rings is 4. The Hall–Kier alpha value is -4.38. The molecule has 0 spiro atoms. The first-order valence-electron chi connectivity index (χ1n) is 9.69. The number of ether oxygens (including phenoxy) is 1. The fourth-order valence-electron chi connectivity index (χ4n) is 2.85. The predicted molar refractivity (Wildman–Crippen MR) is 124 cm³/mol. The van der Waals surface area contributed by atoms with Crippen LogP contribution >= 0.6 is 0 Å². The third-order valence-electron chi connectivity index (χ3n) is 4.47. The first-order chi connectivity index (χ1) is 15.2. The maximum absolute atomic E-state index is 9.84. The van der Waals surface area contributed by atoms with Gasteiger partial charge in [0.15, 0.2) is 0 Å². The van der Waals surface area contributed by atoms with Gasteiger partial charge >= 0.3 is 0 Å². The molecule has 0 bridgehead atoms. The number of nitrogens with zero attached hydrogens (tertiary/aromatic N) is 2. The van der Waals surface area contributed by atoms with Crippen LogP contribution in [0.5, 0.6) is 23.0 Å². The molecule has 5 nitrogen and oxygen atoms in total. The molecule has 4 aromatic rings. The van der Waals surface area contributed by atoms with Crippen molar-refractivity contribution in [3.8, 4) is 23.0 Å². The van der Waals surface area contributed by atoms with E-state index in [0.717, 1.165) is 5.69 Å². The molecule has 0 heterocycles. The van der Waals surface area contributed by atoms with Crippen molar-refractivity contribution in [3.63, 3.8) is 0 Å². The summed E-state index contributed by atoms with van der Waals surface area (Å²) in [6.45, 7) is 0. The summed E-state index contributed by atoms with van der Waals surface area (Å²) in [5.74, 6) is 1.70. The molecule has 0 amide bonds. The number of aliphatic imine (C=N–C) groups is 2. The highest BCUT2D eigenvalue weighted by molar-refractivity contribution is 5.85. The highest BCUT2D eigenvalue weighted by atomic mass is 16.5. The SMILES string of the molecule is Oc1ccccc1C=Nc1ccc(Oc2cccc(N=Cc3ccccc3O)c2)cc1. The standard InChI is InChI=1S/C26H20N2O3/c29-25-10-3-1-6-19(25)17-27-21-12-14-23(15-13-21)31-24-9-5-8-22(16-24)28-18-20-7-2-4-11-26(20)30/h1-18,29-30H. The lowest BCUT2D eigenvalue weighted by molar-refractivity contribution is 0.474. The van der Waals surface area contributed by atoms with E-state index in [9.17, 15) is 10.2 Å². The smallest absolute Gasteiger partial charge is 0.129 e. The number of para-hydroxylation sites is 2. The van der Waals surface area contributed by atoms with Gasteiger partial charge in [0.25, 0.3) is 0 Å². The lowest BCUT2D eigenvalue weighted by Gasteiger charge is -2.06. The molecule has 0 fully saturated rings. The van der Waals surface area contributed by atoms with E-state index in [1.165, 1.54) is 0 Å². The average Bonchev–Trinajstić information content (AvgIpc) is 2.79. The number of aromatic hydroxyl groups is 2. The van der Waals surface area contributed by atoms with Crippen LogP contribution in [0.4, 0.5) is 11.4 Å². The topological polar surface area (TPSA) is 74.4 Å². The molecule has 5 heteroatoms. The van der Waals surface area contributed by atoms with E-state index in [2.05, 4.69) is 9.98 Å². The zero-order valence-electron chi connectivity index (χ0n) is 16.6. The highest BCUT2D eigenvalue weighted by Crippen LogP contribution is 2.27. The molecule has 0 atom stereocenters. The third kappa shape index (κ3) is 5.36. The van der Waals surface area contributed by atoms with Crippen LogP contribution in [0.25, 0.3) is 0 Å². The molecule has 0 aliphatic carbocycles. The van der Waals surface area contributed by atoms with Gasteiger partial charge in [0.2, 0.25) is 0 Å². The van der Waals surface area contributed by atoms with Gasteiger partial charge in [-0.15, -0.1) is 0 Å². The van der Waals surface area contributed by atoms with Crippen LogP contribution in [0.1, 0.15) is 11.1 Å². The summed E-state index contributed by atoms with van der Waals surface area (Å²) in [5, 5.41) is 19.6. The van der Waals surface area contributed by atoms with Gasteiger partial charge < -0.3 is 14.9 Å². The van der Waals surface area contributed by atoms with E-state index < -0.39 is 0 Å². The molecule has 0 saturated heterocycles. The largest absolute Gasteiger partial charge is 0.507 e. The summed E-state index contributed by atoms with van der Waals surface area (Å²) in [4.78, 5) is 8.79. The summed E-state index contributed by atoms with van der Waals surface area (Å²) in [7, 11) is 0. The Morgan fingerprint density at radius 1 is 0.548 bits per heavy atom. The summed E-state index contributed by atoms with van der Waals surface area (Å²) < 4.78 is 5.92. The quantitative estimate of drug-likeness (QED) is 0.363. The van der Waals surface area contributed by atoms with Crippen molar-refractivity contribution in [2.45, 2.75) is 0 Å². The minimum atomic E-state index is 0.184. The molecule has 152 valence electrons. The van der Waals surface area contributed by atoms with Crippen LogP contribution in [0.15, 0.2) is 107 Å². The first-order valence-corrected chi connectivity index (χ1v) is 9.69. The minimum Gasteiger partial charge on any atom is -0.507 e. The zero-order chi connectivity index (χ0) is 21.5. The lowest BCUT2D eigenvalue weighted by atomic mass is 10.2. The van der Waals surface area contributed by atoms with Crippen molar-refractivity contribution in [1.82, 2.24) is 0 Å². The van der Waals surface area contributed by atoms with E-state index >= 15 is 0 Å². The highest BCUT2D eigenvalue weighted by Gasteiger charge is 2.01. The Morgan fingerprint density at radius 3 is 1.74 bits per heavy atom. The van der Waals surface area contributed by atoms with Crippen molar-refractivity contribution in [2.24, 2.45) is 9.98 Å². The van der Waals surface area contributed by atoms with Gasteiger partial charge in [0.05, 0.1) is 11.4 Å². The Kier molecular flexibility index (Phi) is 6.05. The van der Waals surface area contributed by atoms with Crippen LogP contribution in [0.2, 0.25) is 0 Å². The Balaban J connectivity index is 1.43.